The van der Waals surface area contributed by atoms with Crippen molar-refractivity contribution in [3.05, 3.63) is 46.6 Å². The first-order valence-corrected chi connectivity index (χ1v) is 7.31. The lowest BCUT2D eigenvalue weighted by Gasteiger charge is -2.06. The van der Waals surface area contributed by atoms with Crippen LogP contribution in [0.4, 0.5) is 0 Å². The Morgan fingerprint density at radius 3 is 2.86 bits per heavy atom. The monoisotopic (exact) mass is 285 g/mol. The van der Waals surface area contributed by atoms with Crippen LogP contribution in [0.25, 0.3) is 0 Å². The number of amides is 1. The number of carbonyl (C=O) groups is 1. The van der Waals surface area contributed by atoms with Gasteiger partial charge in [0.2, 0.25) is 5.89 Å². The summed E-state index contributed by atoms with van der Waals surface area (Å²) in [6.45, 7) is 4.55. The summed E-state index contributed by atoms with van der Waals surface area (Å²) in [5, 5.41) is 6.82. The van der Waals surface area contributed by atoms with E-state index in [1.165, 1.54) is 5.56 Å². The molecule has 1 aliphatic carbocycles. The Bertz CT molecular complexity index is 659. The molecule has 1 heterocycles. The number of aromatic nitrogens is 2. The molecule has 3 rings (SSSR count). The van der Waals surface area contributed by atoms with Gasteiger partial charge in [0.05, 0.1) is 0 Å². The van der Waals surface area contributed by atoms with Crippen molar-refractivity contribution in [2.24, 2.45) is 0 Å². The molecule has 110 valence electrons. The molecule has 1 aromatic heterocycles. The zero-order chi connectivity index (χ0) is 14.8. The summed E-state index contributed by atoms with van der Waals surface area (Å²) >= 11 is 0. The van der Waals surface area contributed by atoms with Crippen LogP contribution < -0.4 is 5.32 Å². The lowest BCUT2D eigenvalue weighted by atomic mass is 10.1. The Morgan fingerprint density at radius 2 is 2.14 bits per heavy atom. The van der Waals surface area contributed by atoms with E-state index in [0.717, 1.165) is 24.3 Å². The summed E-state index contributed by atoms with van der Waals surface area (Å²) in [6, 6.07) is 5.72. The van der Waals surface area contributed by atoms with Crippen LogP contribution in [-0.4, -0.2) is 22.6 Å². The molecule has 2 aromatic rings. The van der Waals surface area contributed by atoms with Gasteiger partial charge in [-0.1, -0.05) is 11.2 Å². The molecule has 0 radical (unpaired) electrons. The lowest BCUT2D eigenvalue weighted by molar-refractivity contribution is 0.0954. The molecule has 1 N–H and O–H groups in total. The molecule has 21 heavy (non-hydrogen) atoms. The van der Waals surface area contributed by atoms with Gasteiger partial charge in [0.15, 0.2) is 5.82 Å². The van der Waals surface area contributed by atoms with Gasteiger partial charge in [-0.05, 0) is 49.9 Å². The fourth-order valence-electron chi connectivity index (χ4n) is 2.14. The summed E-state index contributed by atoms with van der Waals surface area (Å²) in [7, 11) is 0. The summed E-state index contributed by atoms with van der Waals surface area (Å²) in [4.78, 5) is 16.4. The Morgan fingerprint density at radius 1 is 1.33 bits per heavy atom. The van der Waals surface area contributed by atoms with E-state index in [9.17, 15) is 4.79 Å². The average Bonchev–Trinajstić information content (AvgIpc) is 3.22. The third kappa shape index (κ3) is 3.29. The molecule has 1 aliphatic rings. The number of hydrogen-bond acceptors (Lipinski definition) is 4. The van der Waals surface area contributed by atoms with Crippen LogP contribution in [0.5, 0.6) is 0 Å². The highest BCUT2D eigenvalue weighted by atomic mass is 16.5. The van der Waals surface area contributed by atoms with Crippen LogP contribution >= 0.6 is 0 Å². The first-order valence-electron chi connectivity index (χ1n) is 7.31. The lowest BCUT2D eigenvalue weighted by Crippen LogP contribution is -2.26. The molecule has 0 unspecified atom stereocenters. The van der Waals surface area contributed by atoms with E-state index in [2.05, 4.69) is 15.5 Å². The third-order valence-electron chi connectivity index (χ3n) is 3.81. The van der Waals surface area contributed by atoms with Gasteiger partial charge in [-0.2, -0.15) is 4.98 Å². The molecule has 0 saturated heterocycles. The second-order valence-corrected chi connectivity index (χ2v) is 5.63. The van der Waals surface area contributed by atoms with Crippen molar-refractivity contribution in [2.45, 2.75) is 39.0 Å². The molecule has 5 heteroatoms. The van der Waals surface area contributed by atoms with Gasteiger partial charge < -0.3 is 9.84 Å². The Labute approximate surface area is 123 Å². The molecule has 0 spiro atoms. The largest absolute Gasteiger partial charge is 0.352 e. The predicted molar refractivity (Wildman–Crippen MR) is 78.2 cm³/mol. The molecule has 1 amide bonds. The van der Waals surface area contributed by atoms with E-state index in [0.29, 0.717) is 30.3 Å². The van der Waals surface area contributed by atoms with Crippen LogP contribution in [0, 0.1) is 13.8 Å². The number of hydrogen-bond donors (Lipinski definition) is 1. The maximum Gasteiger partial charge on any atom is 0.251 e. The SMILES string of the molecule is Cc1ccc(C(=O)NCCc2noc(C3CC3)n2)cc1C. The number of benzene rings is 1. The van der Waals surface area contributed by atoms with Crippen molar-refractivity contribution >= 4 is 5.91 Å². The Hall–Kier alpha value is -2.17. The van der Waals surface area contributed by atoms with Crippen molar-refractivity contribution in [2.75, 3.05) is 6.54 Å². The Balaban J connectivity index is 1.51. The highest BCUT2D eigenvalue weighted by Crippen LogP contribution is 2.38. The minimum atomic E-state index is -0.0657. The Kier molecular flexibility index (Phi) is 3.73. The van der Waals surface area contributed by atoms with Crippen molar-refractivity contribution in [3.8, 4) is 0 Å². The van der Waals surface area contributed by atoms with Crippen LogP contribution in [0.2, 0.25) is 0 Å². The molecule has 5 nitrogen and oxygen atoms in total. The standard InChI is InChI=1S/C16H19N3O2/c1-10-3-4-13(9-11(10)2)15(20)17-8-7-14-18-16(21-19-14)12-5-6-12/h3-4,9,12H,5-8H2,1-2H3,(H,17,20). The van der Waals surface area contributed by atoms with Crippen LogP contribution in [0.3, 0.4) is 0 Å². The molecular weight excluding hydrogens is 266 g/mol. The molecule has 0 aliphatic heterocycles. The van der Waals surface area contributed by atoms with Crippen molar-refractivity contribution in [3.63, 3.8) is 0 Å². The third-order valence-corrected chi connectivity index (χ3v) is 3.81. The normalized spacial score (nSPS) is 14.2. The van der Waals surface area contributed by atoms with Crippen molar-refractivity contribution in [1.82, 2.24) is 15.5 Å². The van der Waals surface area contributed by atoms with Crippen LogP contribution in [-0.2, 0) is 6.42 Å². The predicted octanol–water partition coefficient (Wildman–Crippen LogP) is 2.54. The van der Waals surface area contributed by atoms with Gasteiger partial charge in [0, 0.05) is 24.4 Å². The van der Waals surface area contributed by atoms with Gasteiger partial charge >= 0.3 is 0 Å². The first-order chi connectivity index (χ1) is 10.1. The van der Waals surface area contributed by atoms with Gasteiger partial charge in [-0.25, -0.2) is 0 Å². The van der Waals surface area contributed by atoms with Crippen molar-refractivity contribution in [1.29, 1.82) is 0 Å². The van der Waals surface area contributed by atoms with Gasteiger partial charge in [-0.15, -0.1) is 0 Å². The van der Waals surface area contributed by atoms with Gasteiger partial charge in [-0.3, -0.25) is 4.79 Å². The molecule has 1 saturated carbocycles. The smallest absolute Gasteiger partial charge is 0.251 e. The van der Waals surface area contributed by atoms with E-state index >= 15 is 0 Å². The molecule has 1 aromatic carbocycles. The molecule has 1 fully saturated rings. The minimum absolute atomic E-state index is 0.0657. The highest BCUT2D eigenvalue weighted by molar-refractivity contribution is 5.94. The zero-order valence-electron chi connectivity index (χ0n) is 12.3. The second-order valence-electron chi connectivity index (χ2n) is 5.63. The number of rotatable bonds is 5. The van der Waals surface area contributed by atoms with E-state index in [1.54, 1.807) is 0 Å². The maximum absolute atomic E-state index is 12.0. The van der Waals surface area contributed by atoms with Crippen LogP contribution in [0.15, 0.2) is 22.7 Å². The van der Waals surface area contributed by atoms with E-state index < -0.39 is 0 Å². The average molecular weight is 285 g/mol. The van der Waals surface area contributed by atoms with Gasteiger partial charge in [0.25, 0.3) is 5.91 Å². The molecule has 0 atom stereocenters. The number of aryl methyl sites for hydroxylation is 2. The zero-order valence-corrected chi connectivity index (χ0v) is 12.3. The van der Waals surface area contributed by atoms with Crippen LogP contribution in [0.1, 0.15) is 52.0 Å². The van der Waals surface area contributed by atoms with E-state index in [1.807, 2.05) is 32.0 Å². The topological polar surface area (TPSA) is 68.0 Å². The fraction of sp³-hybridized carbons (Fsp3) is 0.438. The summed E-state index contributed by atoms with van der Waals surface area (Å²) < 4.78 is 5.19. The number of nitrogens with zero attached hydrogens (tertiary/aromatic N) is 2. The fourth-order valence-corrected chi connectivity index (χ4v) is 2.14. The summed E-state index contributed by atoms with van der Waals surface area (Å²) in [5.41, 5.74) is 2.99. The molecule has 0 bridgehead atoms. The van der Waals surface area contributed by atoms with Gasteiger partial charge in [0.1, 0.15) is 0 Å². The summed E-state index contributed by atoms with van der Waals surface area (Å²) in [6.07, 6.45) is 2.88. The quantitative estimate of drug-likeness (QED) is 0.916. The van der Waals surface area contributed by atoms with E-state index in [-0.39, 0.29) is 5.91 Å². The van der Waals surface area contributed by atoms with E-state index in [4.69, 9.17) is 4.52 Å². The number of carbonyl (C=O) groups excluding carboxylic acids is 1. The second kappa shape index (κ2) is 5.68. The maximum atomic E-state index is 12.0. The first kappa shape index (κ1) is 13.8. The summed E-state index contributed by atoms with van der Waals surface area (Å²) in [5.74, 6) is 1.81. The minimum Gasteiger partial charge on any atom is -0.352 e. The van der Waals surface area contributed by atoms with Crippen molar-refractivity contribution < 1.29 is 9.32 Å². The molecular formula is C16H19N3O2. The number of nitrogens with one attached hydrogen (secondary N) is 1. The highest BCUT2D eigenvalue weighted by Gasteiger charge is 2.29.